The molecule has 1 aliphatic rings. The van der Waals surface area contributed by atoms with Gasteiger partial charge in [0.05, 0.1) is 17.3 Å². The number of aromatic nitrogens is 1. The highest BCUT2D eigenvalue weighted by Gasteiger charge is 2.18. The molecule has 1 aromatic heterocycles. The summed E-state index contributed by atoms with van der Waals surface area (Å²) in [6.07, 6.45) is 1.93. The van der Waals surface area contributed by atoms with Crippen LogP contribution in [-0.4, -0.2) is 33.9 Å². The van der Waals surface area contributed by atoms with Gasteiger partial charge in [-0.05, 0) is 31.0 Å². The Morgan fingerprint density at radius 1 is 1.42 bits per heavy atom. The van der Waals surface area contributed by atoms with Gasteiger partial charge in [0.25, 0.3) is 0 Å². The second kappa shape index (κ2) is 5.46. The molecule has 0 bridgehead atoms. The van der Waals surface area contributed by atoms with E-state index in [0.29, 0.717) is 6.04 Å². The molecule has 0 unspecified atom stereocenters. The first-order valence-corrected chi connectivity index (χ1v) is 8.61. The maximum absolute atomic E-state index is 11.3. The summed E-state index contributed by atoms with van der Waals surface area (Å²) in [5.74, 6) is 2.46. The van der Waals surface area contributed by atoms with Crippen LogP contribution in [0.1, 0.15) is 12.8 Å². The summed E-state index contributed by atoms with van der Waals surface area (Å²) in [7, 11) is 1.06. The summed E-state index contributed by atoms with van der Waals surface area (Å²) in [5.41, 5.74) is 0.993. The van der Waals surface area contributed by atoms with E-state index in [0.717, 1.165) is 45.4 Å². The largest absolute Gasteiger partial charge is 0.497 e. The van der Waals surface area contributed by atoms with Gasteiger partial charge < -0.3 is 10.1 Å². The molecule has 102 valence electrons. The zero-order chi connectivity index (χ0) is 13.2. The minimum absolute atomic E-state index is 0.403. The van der Waals surface area contributed by atoms with Gasteiger partial charge in [-0.3, -0.25) is 4.21 Å². The molecular formula is C13H16N2O2S2. The smallest absolute Gasteiger partial charge is 0.184 e. The van der Waals surface area contributed by atoms with E-state index in [-0.39, 0.29) is 0 Å². The van der Waals surface area contributed by atoms with Crippen LogP contribution in [0.4, 0.5) is 5.13 Å². The lowest BCUT2D eigenvalue weighted by atomic mass is 10.2. The van der Waals surface area contributed by atoms with Crippen molar-refractivity contribution in [2.75, 3.05) is 23.9 Å². The summed E-state index contributed by atoms with van der Waals surface area (Å²) in [6, 6.07) is 6.32. The lowest BCUT2D eigenvalue weighted by Crippen LogP contribution is -2.29. The molecule has 0 radical (unpaired) electrons. The number of anilines is 1. The third-order valence-electron chi connectivity index (χ3n) is 3.31. The minimum atomic E-state index is -0.612. The van der Waals surface area contributed by atoms with Crippen LogP contribution < -0.4 is 10.1 Å². The number of rotatable bonds is 3. The Labute approximate surface area is 118 Å². The van der Waals surface area contributed by atoms with Crippen molar-refractivity contribution in [3.63, 3.8) is 0 Å². The lowest BCUT2D eigenvalue weighted by molar-refractivity contribution is 0.415. The van der Waals surface area contributed by atoms with Gasteiger partial charge in [-0.2, -0.15) is 0 Å². The minimum Gasteiger partial charge on any atom is -0.497 e. The number of nitrogens with zero attached hydrogens (tertiary/aromatic N) is 1. The molecule has 1 fully saturated rings. The van der Waals surface area contributed by atoms with Crippen molar-refractivity contribution in [3.05, 3.63) is 18.2 Å². The fraction of sp³-hybridized carbons (Fsp3) is 0.462. The third-order valence-corrected chi connectivity index (χ3v) is 5.64. The van der Waals surface area contributed by atoms with Crippen LogP contribution in [0.15, 0.2) is 18.2 Å². The molecule has 2 aromatic rings. The van der Waals surface area contributed by atoms with E-state index in [2.05, 4.69) is 10.3 Å². The molecule has 2 heterocycles. The summed E-state index contributed by atoms with van der Waals surface area (Å²) in [4.78, 5) is 4.58. The summed E-state index contributed by atoms with van der Waals surface area (Å²) >= 11 is 1.64. The van der Waals surface area contributed by atoms with Crippen molar-refractivity contribution in [2.45, 2.75) is 18.9 Å². The standard InChI is InChI=1S/C13H16N2O2S2/c1-17-10-2-3-11-12(8-10)18-13(15-11)14-9-4-6-19(16)7-5-9/h2-3,8-9H,4-7H2,1H3,(H,14,15). The summed E-state index contributed by atoms with van der Waals surface area (Å²) < 4.78 is 17.7. The van der Waals surface area contributed by atoms with Gasteiger partial charge >= 0.3 is 0 Å². The molecule has 1 saturated heterocycles. The van der Waals surface area contributed by atoms with E-state index >= 15 is 0 Å². The third kappa shape index (κ3) is 2.90. The molecule has 0 spiro atoms. The number of hydrogen-bond acceptors (Lipinski definition) is 5. The average Bonchev–Trinajstić information content (AvgIpc) is 2.82. The van der Waals surface area contributed by atoms with Crippen LogP contribution in [-0.2, 0) is 10.8 Å². The Hall–Kier alpha value is -1.14. The van der Waals surface area contributed by atoms with E-state index in [1.807, 2.05) is 18.2 Å². The monoisotopic (exact) mass is 296 g/mol. The SMILES string of the molecule is COc1ccc2nc(NC3CCS(=O)CC3)sc2c1. The van der Waals surface area contributed by atoms with Gasteiger partial charge in [0.15, 0.2) is 5.13 Å². The zero-order valence-electron chi connectivity index (χ0n) is 10.7. The van der Waals surface area contributed by atoms with E-state index in [1.54, 1.807) is 18.4 Å². The molecule has 0 amide bonds. The fourth-order valence-corrected chi connectivity index (χ4v) is 4.48. The van der Waals surface area contributed by atoms with Crippen LogP contribution in [0.3, 0.4) is 0 Å². The molecule has 1 aromatic carbocycles. The molecule has 1 aliphatic heterocycles. The van der Waals surface area contributed by atoms with Gasteiger partial charge in [-0.15, -0.1) is 0 Å². The van der Waals surface area contributed by atoms with E-state index in [1.165, 1.54) is 0 Å². The predicted molar refractivity (Wildman–Crippen MR) is 80.7 cm³/mol. The van der Waals surface area contributed by atoms with Crippen molar-refractivity contribution in [1.82, 2.24) is 4.98 Å². The normalized spacial score (nSPS) is 23.4. The second-order valence-electron chi connectivity index (χ2n) is 4.62. The summed E-state index contributed by atoms with van der Waals surface area (Å²) in [6.45, 7) is 0. The van der Waals surface area contributed by atoms with Crippen molar-refractivity contribution in [3.8, 4) is 5.75 Å². The van der Waals surface area contributed by atoms with Crippen molar-refractivity contribution in [2.24, 2.45) is 0 Å². The number of hydrogen-bond donors (Lipinski definition) is 1. The van der Waals surface area contributed by atoms with Crippen LogP contribution in [0.2, 0.25) is 0 Å². The van der Waals surface area contributed by atoms with Gasteiger partial charge in [0.2, 0.25) is 0 Å². The topological polar surface area (TPSA) is 51.2 Å². The highest BCUT2D eigenvalue weighted by Crippen LogP contribution is 2.30. The Bertz CT molecular complexity index is 602. The quantitative estimate of drug-likeness (QED) is 0.946. The predicted octanol–water partition coefficient (Wildman–Crippen LogP) is 2.63. The van der Waals surface area contributed by atoms with Crippen molar-refractivity contribution < 1.29 is 8.95 Å². The Morgan fingerprint density at radius 3 is 2.95 bits per heavy atom. The lowest BCUT2D eigenvalue weighted by Gasteiger charge is -2.21. The Balaban J connectivity index is 1.76. The van der Waals surface area contributed by atoms with E-state index < -0.39 is 10.8 Å². The van der Waals surface area contributed by atoms with Gasteiger partial charge in [-0.25, -0.2) is 4.98 Å². The molecular weight excluding hydrogens is 280 g/mol. The van der Waals surface area contributed by atoms with Gasteiger partial charge in [0, 0.05) is 28.3 Å². The van der Waals surface area contributed by atoms with Crippen LogP contribution >= 0.6 is 11.3 Å². The molecule has 6 heteroatoms. The van der Waals surface area contributed by atoms with E-state index in [4.69, 9.17) is 4.74 Å². The van der Waals surface area contributed by atoms with Crippen LogP contribution in [0.25, 0.3) is 10.2 Å². The van der Waals surface area contributed by atoms with Crippen molar-refractivity contribution in [1.29, 1.82) is 0 Å². The molecule has 0 atom stereocenters. The maximum Gasteiger partial charge on any atom is 0.184 e. The first-order chi connectivity index (χ1) is 9.24. The van der Waals surface area contributed by atoms with Crippen LogP contribution in [0, 0.1) is 0 Å². The van der Waals surface area contributed by atoms with Crippen molar-refractivity contribution >= 4 is 37.5 Å². The number of methoxy groups -OCH3 is 1. The second-order valence-corrected chi connectivity index (χ2v) is 7.35. The number of ether oxygens (including phenoxy) is 1. The summed E-state index contributed by atoms with van der Waals surface area (Å²) in [5, 5.41) is 4.41. The zero-order valence-corrected chi connectivity index (χ0v) is 12.4. The average molecular weight is 296 g/mol. The number of benzene rings is 1. The molecule has 3 rings (SSSR count). The first kappa shape index (κ1) is 12.9. The van der Waals surface area contributed by atoms with E-state index in [9.17, 15) is 4.21 Å². The Kier molecular flexibility index (Phi) is 3.70. The first-order valence-electron chi connectivity index (χ1n) is 6.31. The molecule has 0 aliphatic carbocycles. The maximum atomic E-state index is 11.3. The van der Waals surface area contributed by atoms with Gasteiger partial charge in [0.1, 0.15) is 5.75 Å². The van der Waals surface area contributed by atoms with Crippen LogP contribution in [0.5, 0.6) is 5.75 Å². The fourth-order valence-electron chi connectivity index (χ4n) is 2.21. The highest BCUT2D eigenvalue weighted by molar-refractivity contribution is 7.85. The highest BCUT2D eigenvalue weighted by atomic mass is 32.2. The number of nitrogens with one attached hydrogen (secondary N) is 1. The molecule has 1 N–H and O–H groups in total. The Morgan fingerprint density at radius 2 is 2.21 bits per heavy atom. The molecule has 0 saturated carbocycles. The number of thiazole rings is 1. The molecule has 19 heavy (non-hydrogen) atoms. The molecule has 4 nitrogen and oxygen atoms in total. The van der Waals surface area contributed by atoms with Gasteiger partial charge in [-0.1, -0.05) is 11.3 Å². The number of fused-ring (bicyclic) bond motifs is 1.